The molecule has 1 aromatic rings. The van der Waals surface area contributed by atoms with Crippen molar-refractivity contribution in [3.05, 3.63) is 29.3 Å². The van der Waals surface area contributed by atoms with Crippen LogP contribution in [0.25, 0.3) is 0 Å². The molecule has 5 heteroatoms. The quantitative estimate of drug-likeness (QED) is 0.612. The van der Waals surface area contributed by atoms with Crippen molar-refractivity contribution in [3.63, 3.8) is 0 Å². The molecule has 18 heavy (non-hydrogen) atoms. The summed E-state index contributed by atoms with van der Waals surface area (Å²) in [4.78, 5) is 11.1. The van der Waals surface area contributed by atoms with Crippen LogP contribution in [0.5, 0.6) is 0 Å². The molecule has 5 nitrogen and oxygen atoms in total. The number of carboxylic acids is 1. The van der Waals surface area contributed by atoms with Gasteiger partial charge in [-0.1, -0.05) is 11.6 Å². The van der Waals surface area contributed by atoms with Gasteiger partial charge in [-0.2, -0.15) is 0 Å². The highest BCUT2D eigenvalue weighted by Crippen LogP contribution is 2.17. The lowest BCUT2D eigenvalue weighted by Crippen LogP contribution is -2.10. The molecule has 0 atom stereocenters. The van der Waals surface area contributed by atoms with E-state index in [2.05, 4.69) is 5.32 Å². The van der Waals surface area contributed by atoms with E-state index in [1.54, 1.807) is 12.1 Å². The first-order valence-corrected chi connectivity index (χ1v) is 5.91. The molecule has 3 N–H and O–H groups in total. The summed E-state index contributed by atoms with van der Waals surface area (Å²) in [7, 11) is 0. The van der Waals surface area contributed by atoms with Crippen LogP contribution in [0.2, 0.25) is 0 Å². The normalized spacial score (nSPS) is 10.3. The second kappa shape index (κ2) is 7.68. The van der Waals surface area contributed by atoms with Crippen LogP contribution in [0.15, 0.2) is 18.2 Å². The highest BCUT2D eigenvalue weighted by Gasteiger charge is 2.09. The van der Waals surface area contributed by atoms with Crippen molar-refractivity contribution in [1.82, 2.24) is 0 Å². The van der Waals surface area contributed by atoms with E-state index in [1.165, 1.54) is 0 Å². The number of hydrogen-bond donors (Lipinski definition) is 3. The molecule has 1 rings (SSSR count). The molecular formula is C13H19NO4. The predicted octanol–water partition coefficient (Wildman–Crippen LogP) is 1.50. The minimum atomic E-state index is -0.933. The Kier molecular flexibility index (Phi) is 6.18. The zero-order valence-electron chi connectivity index (χ0n) is 10.5. The van der Waals surface area contributed by atoms with Crippen molar-refractivity contribution >= 4 is 11.7 Å². The van der Waals surface area contributed by atoms with Crippen molar-refractivity contribution in [1.29, 1.82) is 0 Å². The Morgan fingerprint density at radius 1 is 1.39 bits per heavy atom. The molecule has 0 amide bonds. The minimum absolute atomic E-state index is 0.0224. The molecular weight excluding hydrogens is 234 g/mol. The first-order valence-electron chi connectivity index (χ1n) is 5.91. The third-order valence-corrected chi connectivity index (χ3v) is 2.42. The maximum Gasteiger partial charge on any atom is 0.337 e. The number of aliphatic hydroxyl groups excluding tert-OH is 1. The molecule has 100 valence electrons. The van der Waals surface area contributed by atoms with Gasteiger partial charge in [-0.25, -0.2) is 4.79 Å². The number of aromatic carboxylic acids is 1. The maximum atomic E-state index is 11.1. The summed E-state index contributed by atoms with van der Waals surface area (Å²) in [6, 6.07) is 5.29. The molecule has 0 bridgehead atoms. The van der Waals surface area contributed by atoms with Gasteiger partial charge in [0.25, 0.3) is 0 Å². The molecule has 0 aromatic heterocycles. The second-order valence-corrected chi connectivity index (χ2v) is 3.97. The number of hydrogen-bond acceptors (Lipinski definition) is 4. The Bertz CT molecular complexity index is 393. The molecule has 0 saturated heterocycles. The van der Waals surface area contributed by atoms with Gasteiger partial charge in [-0.05, 0) is 25.5 Å². The number of nitrogens with one attached hydrogen (secondary N) is 1. The van der Waals surface area contributed by atoms with Crippen LogP contribution >= 0.6 is 0 Å². The number of aliphatic hydroxyl groups is 1. The van der Waals surface area contributed by atoms with E-state index in [9.17, 15) is 4.79 Å². The number of carboxylic acid groups (broad SMARTS) is 1. The molecule has 0 saturated carbocycles. The molecule has 0 unspecified atom stereocenters. The molecule has 0 radical (unpaired) electrons. The van der Waals surface area contributed by atoms with Crippen LogP contribution in [-0.2, 0) is 4.74 Å². The Morgan fingerprint density at radius 3 is 2.83 bits per heavy atom. The van der Waals surface area contributed by atoms with Crippen LogP contribution in [0.4, 0.5) is 5.69 Å². The predicted molar refractivity (Wildman–Crippen MR) is 69.1 cm³/mol. The molecule has 0 aliphatic rings. The van der Waals surface area contributed by atoms with Gasteiger partial charge in [0.05, 0.1) is 18.8 Å². The summed E-state index contributed by atoms with van der Waals surface area (Å²) in [5.74, 6) is -0.933. The average Bonchev–Trinajstić information content (AvgIpc) is 2.35. The van der Waals surface area contributed by atoms with Crippen molar-refractivity contribution in [2.75, 3.05) is 31.7 Å². The van der Waals surface area contributed by atoms with E-state index in [0.29, 0.717) is 25.4 Å². The largest absolute Gasteiger partial charge is 0.478 e. The van der Waals surface area contributed by atoms with Crippen molar-refractivity contribution < 1.29 is 19.7 Å². The lowest BCUT2D eigenvalue weighted by molar-refractivity contribution is 0.0697. The van der Waals surface area contributed by atoms with Gasteiger partial charge in [0.2, 0.25) is 0 Å². The highest BCUT2D eigenvalue weighted by molar-refractivity contribution is 5.94. The number of ether oxygens (including phenoxy) is 1. The van der Waals surface area contributed by atoms with Crippen molar-refractivity contribution in [3.8, 4) is 0 Å². The SMILES string of the molecule is Cc1ccc(NCCCOCCO)c(C(=O)O)c1. The van der Waals surface area contributed by atoms with Crippen molar-refractivity contribution in [2.24, 2.45) is 0 Å². The standard InChI is InChI=1S/C13H19NO4/c1-10-3-4-12(11(9-10)13(16)17)14-5-2-7-18-8-6-15/h3-4,9,14-15H,2,5-8H2,1H3,(H,16,17). The van der Waals surface area contributed by atoms with Crippen LogP contribution in [0.1, 0.15) is 22.3 Å². The Hall–Kier alpha value is -1.59. The van der Waals surface area contributed by atoms with Crippen LogP contribution in [0, 0.1) is 6.92 Å². The fourth-order valence-corrected chi connectivity index (χ4v) is 1.55. The molecule has 0 aliphatic heterocycles. The summed E-state index contributed by atoms with van der Waals surface area (Å²) in [5.41, 5.74) is 1.82. The van der Waals surface area contributed by atoms with E-state index in [0.717, 1.165) is 12.0 Å². The molecule has 0 spiro atoms. The Balaban J connectivity index is 2.44. The van der Waals surface area contributed by atoms with Gasteiger partial charge in [-0.15, -0.1) is 0 Å². The topological polar surface area (TPSA) is 78.8 Å². The minimum Gasteiger partial charge on any atom is -0.478 e. The molecule has 0 heterocycles. The zero-order chi connectivity index (χ0) is 13.4. The van der Waals surface area contributed by atoms with Gasteiger partial charge in [0.1, 0.15) is 0 Å². The van der Waals surface area contributed by atoms with Gasteiger partial charge < -0.3 is 20.3 Å². The summed E-state index contributed by atoms with van der Waals surface area (Å²) < 4.78 is 5.11. The van der Waals surface area contributed by atoms with Crippen LogP contribution in [0.3, 0.4) is 0 Å². The van der Waals surface area contributed by atoms with E-state index in [-0.39, 0.29) is 12.2 Å². The molecule has 0 fully saturated rings. The van der Waals surface area contributed by atoms with E-state index in [4.69, 9.17) is 14.9 Å². The first kappa shape index (κ1) is 14.5. The number of benzene rings is 1. The zero-order valence-corrected chi connectivity index (χ0v) is 10.5. The third kappa shape index (κ3) is 4.73. The monoisotopic (exact) mass is 253 g/mol. The average molecular weight is 253 g/mol. The van der Waals surface area contributed by atoms with E-state index >= 15 is 0 Å². The molecule has 0 aliphatic carbocycles. The van der Waals surface area contributed by atoms with E-state index in [1.807, 2.05) is 13.0 Å². The summed E-state index contributed by atoms with van der Waals surface area (Å²) >= 11 is 0. The van der Waals surface area contributed by atoms with Crippen LogP contribution in [-0.4, -0.2) is 42.5 Å². The van der Waals surface area contributed by atoms with Gasteiger partial charge in [-0.3, -0.25) is 0 Å². The Morgan fingerprint density at radius 2 is 2.17 bits per heavy atom. The summed E-state index contributed by atoms with van der Waals surface area (Å²) in [6.45, 7) is 3.40. The maximum absolute atomic E-state index is 11.1. The van der Waals surface area contributed by atoms with Crippen molar-refractivity contribution in [2.45, 2.75) is 13.3 Å². The fourth-order valence-electron chi connectivity index (χ4n) is 1.55. The smallest absolute Gasteiger partial charge is 0.337 e. The highest BCUT2D eigenvalue weighted by atomic mass is 16.5. The lowest BCUT2D eigenvalue weighted by Gasteiger charge is -2.10. The van der Waals surface area contributed by atoms with Gasteiger partial charge in [0, 0.05) is 18.8 Å². The number of rotatable bonds is 8. The van der Waals surface area contributed by atoms with Gasteiger partial charge >= 0.3 is 5.97 Å². The number of anilines is 1. The van der Waals surface area contributed by atoms with Gasteiger partial charge in [0.15, 0.2) is 0 Å². The number of aryl methyl sites for hydroxylation is 1. The first-order chi connectivity index (χ1) is 8.65. The second-order valence-electron chi connectivity index (χ2n) is 3.97. The Labute approximate surface area is 106 Å². The fraction of sp³-hybridized carbons (Fsp3) is 0.462. The lowest BCUT2D eigenvalue weighted by atomic mass is 10.1. The van der Waals surface area contributed by atoms with E-state index < -0.39 is 5.97 Å². The number of carbonyl (C=O) groups is 1. The molecule has 1 aromatic carbocycles. The summed E-state index contributed by atoms with van der Waals surface area (Å²) in [6.07, 6.45) is 0.757. The van der Waals surface area contributed by atoms with Crippen LogP contribution < -0.4 is 5.32 Å². The third-order valence-electron chi connectivity index (χ3n) is 2.42. The summed E-state index contributed by atoms with van der Waals surface area (Å²) in [5, 5.41) is 20.7.